The van der Waals surface area contributed by atoms with Crippen LogP contribution in [0.3, 0.4) is 0 Å². The van der Waals surface area contributed by atoms with Gasteiger partial charge in [-0.3, -0.25) is 4.79 Å². The zero-order valence-corrected chi connectivity index (χ0v) is 17.6. The van der Waals surface area contributed by atoms with Crippen LogP contribution in [0.15, 0.2) is 42.5 Å². The summed E-state index contributed by atoms with van der Waals surface area (Å²) in [5, 5.41) is 10.3. The van der Waals surface area contributed by atoms with Gasteiger partial charge in [0.1, 0.15) is 5.82 Å². The van der Waals surface area contributed by atoms with Crippen LogP contribution in [0.25, 0.3) is 11.1 Å². The molecule has 1 saturated heterocycles. The molecule has 0 unspecified atom stereocenters. The molecule has 2 aromatic carbocycles. The zero-order chi connectivity index (χ0) is 20.7. The molecule has 3 nitrogen and oxygen atoms in total. The van der Waals surface area contributed by atoms with Gasteiger partial charge >= 0.3 is 0 Å². The summed E-state index contributed by atoms with van der Waals surface area (Å²) in [6.07, 6.45) is 1.31. The average molecular weight is 404 g/mol. The summed E-state index contributed by atoms with van der Waals surface area (Å²) in [7, 11) is 0. The van der Waals surface area contributed by atoms with Gasteiger partial charge in [0.2, 0.25) is 5.91 Å². The van der Waals surface area contributed by atoms with Gasteiger partial charge in [-0.1, -0.05) is 35.9 Å². The highest BCUT2D eigenvalue weighted by molar-refractivity contribution is 6.30. The van der Waals surface area contributed by atoms with E-state index in [0.717, 1.165) is 11.1 Å². The van der Waals surface area contributed by atoms with E-state index in [1.165, 1.54) is 12.1 Å². The number of aliphatic hydroxyl groups is 1. The lowest BCUT2D eigenvalue weighted by atomic mass is 9.87. The molecule has 0 saturated carbocycles. The van der Waals surface area contributed by atoms with Crippen LogP contribution in [-0.4, -0.2) is 34.1 Å². The van der Waals surface area contributed by atoms with Crippen molar-refractivity contribution in [3.8, 4) is 11.1 Å². The molecule has 28 heavy (non-hydrogen) atoms. The Morgan fingerprint density at radius 1 is 1.21 bits per heavy atom. The van der Waals surface area contributed by atoms with E-state index < -0.39 is 5.41 Å². The van der Waals surface area contributed by atoms with Gasteiger partial charge in [0.25, 0.3) is 0 Å². The Balaban J connectivity index is 1.85. The fourth-order valence-electron chi connectivity index (χ4n) is 4.11. The van der Waals surface area contributed by atoms with Gasteiger partial charge in [-0.25, -0.2) is 4.39 Å². The Morgan fingerprint density at radius 3 is 2.43 bits per heavy atom. The van der Waals surface area contributed by atoms with E-state index >= 15 is 0 Å². The van der Waals surface area contributed by atoms with Gasteiger partial charge in [-0.15, -0.1) is 0 Å². The van der Waals surface area contributed by atoms with Crippen LogP contribution in [0.5, 0.6) is 0 Å². The third kappa shape index (κ3) is 3.94. The summed E-state index contributed by atoms with van der Waals surface area (Å²) >= 11 is 6.00. The quantitative estimate of drug-likeness (QED) is 0.772. The van der Waals surface area contributed by atoms with Crippen LogP contribution in [0.1, 0.15) is 39.7 Å². The smallest absolute Gasteiger partial charge is 0.231 e. The topological polar surface area (TPSA) is 40.5 Å². The van der Waals surface area contributed by atoms with Crippen molar-refractivity contribution in [3.05, 3.63) is 58.9 Å². The molecule has 3 rings (SSSR count). The van der Waals surface area contributed by atoms with Crippen molar-refractivity contribution in [2.45, 2.75) is 52.1 Å². The Morgan fingerprint density at radius 2 is 1.86 bits per heavy atom. The first kappa shape index (κ1) is 20.8. The fourth-order valence-corrected chi connectivity index (χ4v) is 4.29. The molecule has 2 aromatic rings. The Kier molecular flexibility index (Phi) is 5.57. The Bertz CT molecular complexity index is 875. The number of benzene rings is 2. The number of halogens is 2. The number of likely N-dealkylation sites (tertiary alicyclic amines) is 1. The molecule has 150 valence electrons. The van der Waals surface area contributed by atoms with Crippen molar-refractivity contribution in [3.63, 3.8) is 0 Å². The predicted octanol–water partition coefficient (Wildman–Crippen LogP) is 5.09. The molecule has 1 amide bonds. The fraction of sp³-hybridized carbons (Fsp3) is 0.435. The zero-order valence-electron chi connectivity index (χ0n) is 16.8. The number of nitrogens with zero attached hydrogens (tertiary/aromatic N) is 1. The molecule has 2 atom stereocenters. The number of hydrogen-bond donors (Lipinski definition) is 1. The summed E-state index contributed by atoms with van der Waals surface area (Å²) in [5.74, 6) is -0.304. The van der Waals surface area contributed by atoms with Gasteiger partial charge in [0.15, 0.2) is 0 Å². The number of rotatable bonds is 4. The minimum absolute atomic E-state index is 0.00474. The highest BCUT2D eigenvalue weighted by Crippen LogP contribution is 2.41. The molecule has 0 spiro atoms. The number of carbonyl (C=O) groups is 1. The standard InChI is InChI=1S/C23H27ClFNO2/c1-22(2,3)26-18(13-23(4,14-27)21(26)28)11-15-5-7-16(8-6-15)19-12-17(24)9-10-20(19)25/h5-10,12,18,27H,11,13-14H2,1-4H3/t18-,23+/m1/s1. The number of carbonyl (C=O) groups excluding carboxylic acids is 1. The minimum atomic E-state index is -0.734. The van der Waals surface area contributed by atoms with E-state index in [2.05, 4.69) is 0 Å². The largest absolute Gasteiger partial charge is 0.395 e. The molecular weight excluding hydrogens is 377 g/mol. The van der Waals surface area contributed by atoms with Crippen LogP contribution < -0.4 is 0 Å². The highest BCUT2D eigenvalue weighted by Gasteiger charge is 2.51. The second kappa shape index (κ2) is 7.49. The Hall–Kier alpha value is -1.91. The van der Waals surface area contributed by atoms with Crippen molar-refractivity contribution in [1.29, 1.82) is 0 Å². The number of amides is 1. The van der Waals surface area contributed by atoms with Crippen molar-refractivity contribution >= 4 is 17.5 Å². The molecule has 1 aliphatic heterocycles. The van der Waals surface area contributed by atoms with Crippen molar-refractivity contribution in [2.24, 2.45) is 5.41 Å². The third-order valence-electron chi connectivity index (χ3n) is 5.52. The van der Waals surface area contributed by atoms with E-state index in [1.54, 1.807) is 6.07 Å². The molecule has 1 N–H and O–H groups in total. The lowest BCUT2D eigenvalue weighted by Gasteiger charge is -2.38. The molecule has 0 aromatic heterocycles. The summed E-state index contributed by atoms with van der Waals surface area (Å²) in [4.78, 5) is 14.8. The molecule has 0 radical (unpaired) electrons. The first-order chi connectivity index (χ1) is 13.0. The first-order valence-electron chi connectivity index (χ1n) is 9.54. The maximum Gasteiger partial charge on any atom is 0.231 e. The van der Waals surface area contributed by atoms with Gasteiger partial charge in [-0.2, -0.15) is 0 Å². The van der Waals surface area contributed by atoms with E-state index in [-0.39, 0.29) is 29.9 Å². The number of hydrogen-bond acceptors (Lipinski definition) is 2. The van der Waals surface area contributed by atoms with Gasteiger partial charge < -0.3 is 10.0 Å². The molecule has 0 bridgehead atoms. The van der Waals surface area contributed by atoms with Crippen LogP contribution in [-0.2, 0) is 11.2 Å². The average Bonchev–Trinajstić information content (AvgIpc) is 2.88. The summed E-state index contributed by atoms with van der Waals surface area (Å²) < 4.78 is 14.1. The van der Waals surface area contributed by atoms with E-state index in [1.807, 2.05) is 56.9 Å². The van der Waals surface area contributed by atoms with Gasteiger partial charge in [-0.05, 0) is 69.9 Å². The lowest BCUT2D eigenvalue weighted by Crippen LogP contribution is -2.49. The molecule has 1 heterocycles. The summed E-state index contributed by atoms with van der Waals surface area (Å²) in [6.45, 7) is 7.74. The molecular formula is C23H27ClFNO2. The van der Waals surface area contributed by atoms with Gasteiger partial charge in [0.05, 0.1) is 12.0 Å². The molecule has 1 fully saturated rings. The monoisotopic (exact) mass is 403 g/mol. The maximum absolute atomic E-state index is 14.1. The second-order valence-corrected chi connectivity index (χ2v) is 9.38. The van der Waals surface area contributed by atoms with Gasteiger partial charge in [0, 0.05) is 22.2 Å². The predicted molar refractivity (Wildman–Crippen MR) is 111 cm³/mol. The highest BCUT2D eigenvalue weighted by atomic mass is 35.5. The molecule has 0 aliphatic carbocycles. The van der Waals surface area contributed by atoms with Crippen molar-refractivity contribution < 1.29 is 14.3 Å². The van der Waals surface area contributed by atoms with Crippen LogP contribution in [0.4, 0.5) is 4.39 Å². The minimum Gasteiger partial charge on any atom is -0.395 e. The second-order valence-electron chi connectivity index (χ2n) is 8.95. The SMILES string of the molecule is CC(C)(C)N1C(=O)[C@](C)(CO)C[C@H]1Cc1ccc(-c2cc(Cl)ccc2F)cc1. The normalized spacial score (nSPS) is 22.8. The third-order valence-corrected chi connectivity index (χ3v) is 5.76. The maximum atomic E-state index is 14.1. The van der Waals surface area contributed by atoms with Crippen molar-refractivity contribution in [2.75, 3.05) is 6.61 Å². The lowest BCUT2D eigenvalue weighted by molar-refractivity contribution is -0.142. The van der Waals surface area contributed by atoms with Crippen LogP contribution in [0, 0.1) is 11.2 Å². The van der Waals surface area contributed by atoms with E-state index in [4.69, 9.17) is 11.6 Å². The van der Waals surface area contributed by atoms with E-state index in [0.29, 0.717) is 23.4 Å². The Labute approximate surface area is 171 Å². The molecule has 5 heteroatoms. The first-order valence-corrected chi connectivity index (χ1v) is 9.92. The van der Waals surface area contributed by atoms with E-state index in [9.17, 15) is 14.3 Å². The van der Waals surface area contributed by atoms with Crippen LogP contribution >= 0.6 is 11.6 Å². The summed E-state index contributed by atoms with van der Waals surface area (Å²) in [5.41, 5.74) is 1.25. The molecule has 1 aliphatic rings. The number of aliphatic hydroxyl groups excluding tert-OH is 1. The van der Waals surface area contributed by atoms with Crippen molar-refractivity contribution in [1.82, 2.24) is 4.90 Å². The summed E-state index contributed by atoms with van der Waals surface area (Å²) in [6, 6.07) is 12.2. The van der Waals surface area contributed by atoms with Crippen LogP contribution in [0.2, 0.25) is 5.02 Å².